The van der Waals surface area contributed by atoms with Crippen molar-refractivity contribution in [2.75, 3.05) is 6.61 Å². The van der Waals surface area contributed by atoms with Gasteiger partial charge in [0, 0.05) is 5.54 Å². The molecular formula is C14H21NO3. The molecule has 18 heavy (non-hydrogen) atoms. The van der Waals surface area contributed by atoms with Gasteiger partial charge in [-0.3, -0.25) is 4.79 Å². The van der Waals surface area contributed by atoms with Gasteiger partial charge < -0.3 is 15.6 Å². The topological polar surface area (TPSA) is 72.5 Å². The molecule has 0 heterocycles. The van der Waals surface area contributed by atoms with E-state index in [0.29, 0.717) is 13.2 Å². The van der Waals surface area contributed by atoms with Crippen LogP contribution in [0, 0.1) is 0 Å². The summed E-state index contributed by atoms with van der Waals surface area (Å²) in [5.41, 5.74) is 7.35. The summed E-state index contributed by atoms with van der Waals surface area (Å²) >= 11 is 0. The van der Waals surface area contributed by atoms with Crippen LogP contribution in [0.25, 0.3) is 0 Å². The number of hydrogen-bond acceptors (Lipinski definition) is 3. The van der Waals surface area contributed by atoms with Crippen LogP contribution in [-0.4, -0.2) is 23.2 Å². The number of hydrogen-bond donors (Lipinski definition) is 2. The summed E-state index contributed by atoms with van der Waals surface area (Å²) < 4.78 is 5.58. The molecule has 4 nitrogen and oxygen atoms in total. The first-order chi connectivity index (χ1) is 8.44. The van der Waals surface area contributed by atoms with Gasteiger partial charge in [0.15, 0.2) is 0 Å². The van der Waals surface area contributed by atoms with Gasteiger partial charge in [0.1, 0.15) is 0 Å². The number of carbonyl (C=O) groups is 1. The molecule has 0 radical (unpaired) electrons. The summed E-state index contributed by atoms with van der Waals surface area (Å²) in [6.45, 7) is 4.82. The van der Waals surface area contributed by atoms with E-state index in [4.69, 9.17) is 15.6 Å². The molecule has 3 N–H and O–H groups in total. The molecule has 0 amide bonds. The Balaban J connectivity index is 2.59. The molecule has 0 saturated carbocycles. The Morgan fingerprint density at radius 2 is 2.00 bits per heavy atom. The van der Waals surface area contributed by atoms with Crippen molar-refractivity contribution in [2.24, 2.45) is 5.73 Å². The van der Waals surface area contributed by atoms with Crippen LogP contribution in [0.15, 0.2) is 24.3 Å². The van der Waals surface area contributed by atoms with Crippen molar-refractivity contribution < 1.29 is 14.6 Å². The average Bonchev–Trinajstić information content (AvgIpc) is 2.30. The number of ether oxygens (including phenoxy) is 1. The van der Waals surface area contributed by atoms with E-state index in [2.05, 4.69) is 0 Å². The Morgan fingerprint density at radius 1 is 1.39 bits per heavy atom. The second-order valence-corrected chi connectivity index (χ2v) is 4.84. The molecule has 1 rings (SSSR count). The standard InChI is InChI=1S/C14H21NO3/c1-3-14(2,15)10-18-9-12-7-5-4-6-11(12)8-13(16)17/h4-7H,3,8-10,15H2,1-2H3,(H,16,17). The fourth-order valence-corrected chi connectivity index (χ4v) is 1.53. The summed E-state index contributed by atoms with van der Waals surface area (Å²) in [5, 5.41) is 8.82. The first-order valence-electron chi connectivity index (χ1n) is 6.10. The maximum absolute atomic E-state index is 10.7. The number of benzene rings is 1. The lowest BCUT2D eigenvalue weighted by atomic mass is 10.0. The molecule has 100 valence electrons. The van der Waals surface area contributed by atoms with Gasteiger partial charge in [-0.25, -0.2) is 0 Å². The Bertz CT molecular complexity index is 402. The first kappa shape index (κ1) is 14.7. The number of aliphatic carboxylic acids is 1. The van der Waals surface area contributed by atoms with Crippen molar-refractivity contribution in [1.82, 2.24) is 0 Å². The van der Waals surface area contributed by atoms with E-state index >= 15 is 0 Å². The highest BCUT2D eigenvalue weighted by molar-refractivity contribution is 5.70. The van der Waals surface area contributed by atoms with E-state index in [9.17, 15) is 4.79 Å². The summed E-state index contributed by atoms with van der Waals surface area (Å²) in [6, 6.07) is 7.42. The third-order valence-electron chi connectivity index (χ3n) is 2.96. The molecule has 0 aliphatic heterocycles. The lowest BCUT2D eigenvalue weighted by molar-refractivity contribution is -0.136. The highest BCUT2D eigenvalue weighted by Gasteiger charge is 2.16. The van der Waals surface area contributed by atoms with Crippen molar-refractivity contribution in [1.29, 1.82) is 0 Å². The van der Waals surface area contributed by atoms with Crippen molar-refractivity contribution in [3.8, 4) is 0 Å². The third-order valence-corrected chi connectivity index (χ3v) is 2.96. The largest absolute Gasteiger partial charge is 0.481 e. The summed E-state index contributed by atoms with van der Waals surface area (Å²) in [7, 11) is 0. The van der Waals surface area contributed by atoms with Gasteiger partial charge in [0.25, 0.3) is 0 Å². The van der Waals surface area contributed by atoms with Crippen LogP contribution < -0.4 is 5.73 Å². The SMILES string of the molecule is CCC(C)(N)COCc1ccccc1CC(=O)O. The predicted octanol–water partition coefficient (Wildman–Crippen LogP) is 1.96. The van der Waals surface area contributed by atoms with Crippen molar-refractivity contribution in [3.05, 3.63) is 35.4 Å². The molecule has 0 aromatic heterocycles. The van der Waals surface area contributed by atoms with Crippen LogP contribution in [-0.2, 0) is 22.6 Å². The fraction of sp³-hybridized carbons (Fsp3) is 0.500. The normalized spacial score (nSPS) is 14.2. The fourth-order valence-electron chi connectivity index (χ4n) is 1.53. The minimum atomic E-state index is -0.834. The molecular weight excluding hydrogens is 230 g/mol. The number of carboxylic acids is 1. The molecule has 0 spiro atoms. The predicted molar refractivity (Wildman–Crippen MR) is 70.3 cm³/mol. The first-order valence-corrected chi connectivity index (χ1v) is 6.10. The van der Waals surface area contributed by atoms with E-state index in [1.165, 1.54) is 0 Å². The molecule has 1 atom stereocenters. The Labute approximate surface area is 108 Å². The molecule has 1 unspecified atom stereocenters. The molecule has 1 aromatic carbocycles. The van der Waals surface area contributed by atoms with Gasteiger partial charge in [-0.2, -0.15) is 0 Å². The Kier molecular flexibility index (Phi) is 5.31. The van der Waals surface area contributed by atoms with Gasteiger partial charge in [0.05, 0.1) is 19.6 Å². The number of carboxylic acid groups (broad SMARTS) is 1. The van der Waals surface area contributed by atoms with Crippen LogP contribution in [0.5, 0.6) is 0 Å². The zero-order chi connectivity index (χ0) is 13.6. The molecule has 0 saturated heterocycles. The number of nitrogens with two attached hydrogens (primary N) is 1. The minimum absolute atomic E-state index is 0.0210. The molecule has 1 aromatic rings. The van der Waals surface area contributed by atoms with Crippen LogP contribution in [0.4, 0.5) is 0 Å². The highest BCUT2D eigenvalue weighted by Crippen LogP contribution is 2.13. The van der Waals surface area contributed by atoms with Crippen LogP contribution in [0.2, 0.25) is 0 Å². The molecule has 0 aliphatic rings. The Morgan fingerprint density at radius 3 is 2.56 bits per heavy atom. The zero-order valence-corrected chi connectivity index (χ0v) is 11.0. The van der Waals surface area contributed by atoms with Crippen molar-refractivity contribution >= 4 is 5.97 Å². The van der Waals surface area contributed by atoms with Crippen LogP contribution in [0.1, 0.15) is 31.4 Å². The van der Waals surface area contributed by atoms with E-state index in [1.54, 1.807) is 0 Å². The second-order valence-electron chi connectivity index (χ2n) is 4.84. The smallest absolute Gasteiger partial charge is 0.307 e. The minimum Gasteiger partial charge on any atom is -0.481 e. The van der Waals surface area contributed by atoms with Gasteiger partial charge >= 0.3 is 5.97 Å². The second kappa shape index (κ2) is 6.52. The van der Waals surface area contributed by atoms with Crippen LogP contribution in [0.3, 0.4) is 0 Å². The van der Waals surface area contributed by atoms with Gasteiger partial charge in [-0.15, -0.1) is 0 Å². The lowest BCUT2D eigenvalue weighted by Crippen LogP contribution is -2.40. The monoisotopic (exact) mass is 251 g/mol. The maximum atomic E-state index is 10.7. The number of rotatable bonds is 7. The summed E-state index contributed by atoms with van der Waals surface area (Å²) in [6.07, 6.45) is 0.858. The van der Waals surface area contributed by atoms with Gasteiger partial charge in [-0.1, -0.05) is 31.2 Å². The quantitative estimate of drug-likeness (QED) is 0.777. The summed E-state index contributed by atoms with van der Waals surface area (Å²) in [5.74, 6) is -0.834. The van der Waals surface area contributed by atoms with E-state index in [1.807, 2.05) is 38.1 Å². The van der Waals surface area contributed by atoms with E-state index in [0.717, 1.165) is 17.5 Å². The van der Waals surface area contributed by atoms with Crippen molar-refractivity contribution in [3.63, 3.8) is 0 Å². The molecule has 4 heteroatoms. The van der Waals surface area contributed by atoms with Gasteiger partial charge in [-0.05, 0) is 24.5 Å². The van der Waals surface area contributed by atoms with Crippen LogP contribution >= 0.6 is 0 Å². The Hall–Kier alpha value is -1.39. The van der Waals surface area contributed by atoms with E-state index < -0.39 is 5.97 Å². The average molecular weight is 251 g/mol. The summed E-state index contributed by atoms with van der Waals surface area (Å²) in [4.78, 5) is 10.7. The van der Waals surface area contributed by atoms with E-state index in [-0.39, 0.29) is 12.0 Å². The van der Waals surface area contributed by atoms with Gasteiger partial charge in [0.2, 0.25) is 0 Å². The maximum Gasteiger partial charge on any atom is 0.307 e. The van der Waals surface area contributed by atoms with Crippen molar-refractivity contribution in [2.45, 2.75) is 38.8 Å². The highest BCUT2D eigenvalue weighted by atomic mass is 16.5. The molecule has 0 aliphatic carbocycles. The molecule has 0 bridgehead atoms. The molecule has 0 fully saturated rings. The third kappa shape index (κ3) is 4.85. The lowest BCUT2D eigenvalue weighted by Gasteiger charge is -2.22. The zero-order valence-electron chi connectivity index (χ0n) is 11.0.